The first-order valence-electron chi connectivity index (χ1n) is 13.2. The quantitative estimate of drug-likeness (QED) is 0.172. The van der Waals surface area contributed by atoms with Crippen LogP contribution in [0.1, 0.15) is 51.9 Å². The first-order chi connectivity index (χ1) is 18.5. The second kappa shape index (κ2) is 13.7. The maximum atomic E-state index is 13.1. The Hall–Kier alpha value is -2.87. The van der Waals surface area contributed by atoms with Gasteiger partial charge in [-0.3, -0.25) is 14.4 Å². The average molecular weight is 595 g/mol. The van der Waals surface area contributed by atoms with Gasteiger partial charge in [-0.05, 0) is 24.3 Å². The fraction of sp³-hybridized carbons (Fsp3) is 0.586. The van der Waals surface area contributed by atoms with Crippen LogP contribution in [0.3, 0.4) is 0 Å². The summed E-state index contributed by atoms with van der Waals surface area (Å²) >= 11 is 5.92. The lowest BCUT2D eigenvalue weighted by atomic mass is 9.92. The van der Waals surface area contributed by atoms with Crippen molar-refractivity contribution in [1.29, 1.82) is 0 Å². The number of carbonyl (C=O) groups is 4. The zero-order chi connectivity index (χ0) is 30.4. The highest BCUT2D eigenvalue weighted by Gasteiger charge is 2.64. The number of ether oxygens (including phenoxy) is 5. The molecule has 0 aliphatic carbocycles. The lowest BCUT2D eigenvalue weighted by Gasteiger charge is -2.34. The van der Waals surface area contributed by atoms with Crippen LogP contribution in [-0.4, -0.2) is 62.7 Å². The fourth-order valence-corrected chi connectivity index (χ4v) is 4.01. The summed E-state index contributed by atoms with van der Waals surface area (Å²) in [6.45, 7) is 15.3. The second-order valence-electron chi connectivity index (χ2n) is 11.6. The minimum absolute atomic E-state index is 0.228. The van der Waals surface area contributed by atoms with Crippen LogP contribution in [0.15, 0.2) is 24.3 Å². The molecule has 40 heavy (non-hydrogen) atoms. The van der Waals surface area contributed by atoms with Gasteiger partial charge in [0.1, 0.15) is 14.7 Å². The summed E-state index contributed by atoms with van der Waals surface area (Å²) in [4.78, 5) is 51.4. The summed E-state index contributed by atoms with van der Waals surface area (Å²) < 4.78 is 29.0. The molecule has 1 aromatic rings. The highest BCUT2D eigenvalue weighted by atomic mass is 35.5. The van der Waals surface area contributed by atoms with Crippen LogP contribution in [0.5, 0.6) is 0 Å². The van der Waals surface area contributed by atoms with Crippen LogP contribution in [0.4, 0.5) is 0 Å². The normalized spacial score (nSPS) is 22.5. The zero-order valence-electron chi connectivity index (χ0n) is 24.5. The van der Waals surface area contributed by atoms with Crippen molar-refractivity contribution in [2.45, 2.75) is 85.3 Å². The van der Waals surface area contributed by atoms with Gasteiger partial charge in [-0.1, -0.05) is 78.7 Å². The van der Waals surface area contributed by atoms with E-state index in [1.807, 2.05) is 19.6 Å². The molecule has 1 aliphatic heterocycles. The Bertz CT molecular complexity index is 1140. The van der Waals surface area contributed by atoms with Gasteiger partial charge < -0.3 is 23.7 Å². The molecular weight excluding hydrogens is 556 g/mol. The van der Waals surface area contributed by atoms with Crippen molar-refractivity contribution in [3.05, 3.63) is 34.9 Å². The second-order valence-corrected chi connectivity index (χ2v) is 16.8. The van der Waals surface area contributed by atoms with E-state index in [0.29, 0.717) is 5.02 Å². The molecule has 1 heterocycles. The summed E-state index contributed by atoms with van der Waals surface area (Å²) in [5.74, 6) is -1.26. The molecule has 11 heteroatoms. The summed E-state index contributed by atoms with van der Waals surface area (Å²) in [6.07, 6.45) is -4.19. The molecule has 9 nitrogen and oxygen atoms in total. The van der Waals surface area contributed by atoms with Gasteiger partial charge in [-0.2, -0.15) is 0 Å². The number of rotatable bonds is 9. The highest BCUT2D eigenvalue weighted by molar-refractivity contribution is 6.83. The Morgan fingerprint density at radius 2 is 1.43 bits per heavy atom. The number of carbonyl (C=O) groups excluding carboxylic acids is 4. The molecule has 1 aliphatic rings. The third kappa shape index (κ3) is 8.81. The molecule has 0 amide bonds. The molecule has 0 spiro atoms. The van der Waals surface area contributed by atoms with Crippen LogP contribution in [-0.2, 0) is 38.1 Å². The van der Waals surface area contributed by atoms with Gasteiger partial charge in [0.25, 0.3) is 0 Å². The molecule has 0 aromatic heterocycles. The predicted octanol–water partition coefficient (Wildman–Crippen LogP) is 4.81. The smallest absolute Gasteiger partial charge is 0.338 e. The molecule has 1 saturated heterocycles. The van der Waals surface area contributed by atoms with Gasteiger partial charge in [-0.15, -0.1) is 5.54 Å². The third-order valence-electron chi connectivity index (χ3n) is 5.68. The van der Waals surface area contributed by atoms with E-state index in [9.17, 15) is 19.2 Å². The Labute approximate surface area is 242 Å². The van der Waals surface area contributed by atoms with E-state index < -0.39 is 80.4 Å². The highest BCUT2D eigenvalue weighted by Crippen LogP contribution is 2.39. The van der Waals surface area contributed by atoms with Crippen LogP contribution in [0.25, 0.3) is 0 Å². The van der Waals surface area contributed by atoms with Crippen LogP contribution in [0, 0.1) is 29.2 Å². The lowest BCUT2D eigenvalue weighted by molar-refractivity contribution is -0.203. The first kappa shape index (κ1) is 33.3. The molecule has 2 rings (SSSR count). The largest absolute Gasteiger partial charge is 0.459 e. The van der Waals surface area contributed by atoms with E-state index >= 15 is 0 Å². The Morgan fingerprint density at radius 1 is 0.900 bits per heavy atom. The van der Waals surface area contributed by atoms with E-state index in [1.54, 1.807) is 53.7 Å². The minimum atomic E-state index is -2.12. The van der Waals surface area contributed by atoms with E-state index in [4.69, 9.17) is 35.3 Å². The number of hydrogen-bond acceptors (Lipinski definition) is 9. The van der Waals surface area contributed by atoms with Crippen molar-refractivity contribution in [2.24, 2.45) is 17.8 Å². The molecule has 220 valence electrons. The fourth-order valence-electron chi connectivity index (χ4n) is 3.32. The first-order valence-corrected chi connectivity index (χ1v) is 17.1. The van der Waals surface area contributed by atoms with Gasteiger partial charge in [0, 0.05) is 5.02 Å². The number of halogens is 1. The van der Waals surface area contributed by atoms with Crippen LogP contribution in [0.2, 0.25) is 24.7 Å². The Kier molecular flexibility index (Phi) is 11.4. The zero-order valence-corrected chi connectivity index (χ0v) is 26.3. The van der Waals surface area contributed by atoms with Crippen molar-refractivity contribution in [3.63, 3.8) is 0 Å². The summed E-state index contributed by atoms with van der Waals surface area (Å²) in [7, 11) is -2.12. The molecular formula is C29H39ClO9Si. The summed E-state index contributed by atoms with van der Waals surface area (Å²) in [5, 5.41) is 0.446. The number of hydrogen-bond donors (Lipinski definition) is 0. The SMILES string of the molecule is CC(C)C(=O)OC1O[C@H](COC(=O)c2ccc(Cl)cc2)[C@](C#C[Si](C)(C)C)(OC(=O)C(C)C)[C@H]1OC(=O)C(C)C. The Balaban J connectivity index is 2.65. The maximum Gasteiger partial charge on any atom is 0.338 e. The number of benzene rings is 1. The molecule has 0 radical (unpaired) electrons. The predicted molar refractivity (Wildman–Crippen MR) is 151 cm³/mol. The Morgan fingerprint density at radius 3 is 1.93 bits per heavy atom. The molecule has 1 aromatic carbocycles. The maximum absolute atomic E-state index is 13.1. The van der Waals surface area contributed by atoms with E-state index in [-0.39, 0.29) is 5.56 Å². The lowest BCUT2D eigenvalue weighted by Crippen LogP contribution is -2.55. The van der Waals surface area contributed by atoms with E-state index in [1.165, 1.54) is 12.1 Å². The van der Waals surface area contributed by atoms with Crippen LogP contribution < -0.4 is 0 Å². The molecule has 0 saturated carbocycles. The van der Waals surface area contributed by atoms with Gasteiger partial charge in [0.05, 0.1) is 23.3 Å². The standard InChI is InChI=1S/C29H39ClO9Si/c1-17(2)24(31)37-23-28(38-25(32)18(3)4)36-22(16-35-27(34)20-10-12-21(30)13-11-20)29(23,14-15-40(7,8)9)39-26(33)19(5)6/h10-13,17-19,22-23,28H,16H2,1-9H3/t22-,23+,28?,29+/m1/s1. The van der Waals surface area contributed by atoms with Crippen molar-refractivity contribution in [2.75, 3.05) is 6.61 Å². The minimum Gasteiger partial charge on any atom is -0.459 e. The van der Waals surface area contributed by atoms with E-state index in [2.05, 4.69) is 11.5 Å². The van der Waals surface area contributed by atoms with Crippen molar-refractivity contribution < 1.29 is 42.9 Å². The monoisotopic (exact) mass is 594 g/mol. The molecule has 0 N–H and O–H groups in total. The van der Waals surface area contributed by atoms with Crippen molar-refractivity contribution >= 4 is 43.6 Å². The van der Waals surface area contributed by atoms with Crippen molar-refractivity contribution in [1.82, 2.24) is 0 Å². The van der Waals surface area contributed by atoms with Crippen molar-refractivity contribution in [3.8, 4) is 11.5 Å². The summed E-state index contributed by atoms with van der Waals surface area (Å²) in [5.41, 5.74) is 1.47. The molecule has 0 bridgehead atoms. The average Bonchev–Trinajstić information content (AvgIpc) is 3.12. The molecule has 1 fully saturated rings. The van der Waals surface area contributed by atoms with Gasteiger partial charge >= 0.3 is 23.9 Å². The topological polar surface area (TPSA) is 114 Å². The van der Waals surface area contributed by atoms with Gasteiger partial charge in [0.15, 0.2) is 6.10 Å². The number of esters is 4. The van der Waals surface area contributed by atoms with E-state index in [0.717, 1.165) is 0 Å². The van der Waals surface area contributed by atoms with Gasteiger partial charge in [0.2, 0.25) is 18.0 Å². The molecule has 1 unspecified atom stereocenters. The molecule has 4 atom stereocenters. The van der Waals surface area contributed by atoms with Gasteiger partial charge in [-0.25, -0.2) is 4.79 Å². The third-order valence-corrected chi connectivity index (χ3v) is 6.81. The summed E-state index contributed by atoms with van der Waals surface area (Å²) in [6, 6.07) is 6.08. The van der Waals surface area contributed by atoms with Crippen LogP contribution >= 0.6 is 11.6 Å².